The molecule has 1 aliphatic heterocycles. The number of carbonyl (C=O) groups is 1. The largest absolute Gasteiger partial charge is 0.390 e. The first kappa shape index (κ1) is 13.0. The summed E-state index contributed by atoms with van der Waals surface area (Å²) in [5.41, 5.74) is 1.47. The van der Waals surface area contributed by atoms with Gasteiger partial charge in [0, 0.05) is 17.7 Å². The first-order valence-electron chi connectivity index (χ1n) is 5.91. The number of Topliss-reactive ketones (excluding diaryl/α,β-unsaturated/α-hetero) is 1. The highest BCUT2D eigenvalue weighted by Crippen LogP contribution is 2.18. The first-order chi connectivity index (χ1) is 8.56. The third kappa shape index (κ3) is 3.07. The van der Waals surface area contributed by atoms with Gasteiger partial charge >= 0.3 is 0 Å². The maximum Gasteiger partial charge on any atom is 0.159 e. The van der Waals surface area contributed by atoms with Gasteiger partial charge < -0.3 is 20.3 Å². The van der Waals surface area contributed by atoms with Gasteiger partial charge in [-0.1, -0.05) is 0 Å². The molecule has 1 aromatic rings. The monoisotopic (exact) mass is 251 g/mol. The predicted molar refractivity (Wildman–Crippen MR) is 66.4 cm³/mol. The third-order valence-corrected chi connectivity index (χ3v) is 2.99. The second-order valence-electron chi connectivity index (χ2n) is 4.47. The Labute approximate surface area is 105 Å². The summed E-state index contributed by atoms with van der Waals surface area (Å²) in [6.07, 6.45) is -1.59. The van der Waals surface area contributed by atoms with Gasteiger partial charge in [-0.15, -0.1) is 0 Å². The highest BCUT2D eigenvalue weighted by molar-refractivity contribution is 5.94. The lowest BCUT2D eigenvalue weighted by atomic mass is 10.1. The van der Waals surface area contributed by atoms with E-state index in [0.29, 0.717) is 12.0 Å². The Kier molecular flexibility index (Phi) is 3.96. The number of hydrogen-bond donors (Lipinski definition) is 3. The van der Waals surface area contributed by atoms with Gasteiger partial charge in [0.05, 0.1) is 12.7 Å². The number of rotatable bonds is 3. The maximum atomic E-state index is 11.1. The lowest BCUT2D eigenvalue weighted by Gasteiger charge is -2.31. The van der Waals surface area contributed by atoms with Gasteiger partial charge in [-0.25, -0.2) is 0 Å². The van der Waals surface area contributed by atoms with Crippen molar-refractivity contribution in [2.45, 2.75) is 31.8 Å². The van der Waals surface area contributed by atoms with Crippen molar-refractivity contribution in [1.29, 1.82) is 0 Å². The van der Waals surface area contributed by atoms with E-state index in [0.717, 1.165) is 5.69 Å². The second kappa shape index (κ2) is 5.48. The summed E-state index contributed by atoms with van der Waals surface area (Å²) in [5.74, 6) is 0.0222. The molecule has 0 saturated carbocycles. The summed E-state index contributed by atoms with van der Waals surface area (Å²) in [7, 11) is 0. The van der Waals surface area contributed by atoms with Crippen molar-refractivity contribution >= 4 is 11.5 Å². The molecule has 18 heavy (non-hydrogen) atoms. The Morgan fingerprint density at radius 3 is 2.50 bits per heavy atom. The molecule has 5 nitrogen and oxygen atoms in total. The number of nitrogens with one attached hydrogen (secondary N) is 1. The molecule has 3 N–H and O–H groups in total. The number of ether oxygens (including phenoxy) is 1. The van der Waals surface area contributed by atoms with Gasteiger partial charge in [0.1, 0.15) is 12.3 Å². The average molecular weight is 251 g/mol. The van der Waals surface area contributed by atoms with Crippen LogP contribution in [-0.2, 0) is 4.74 Å². The molecular formula is C13H17NO4. The molecule has 1 aliphatic rings. The molecule has 1 saturated heterocycles. The number of benzene rings is 1. The molecule has 2 rings (SSSR count). The van der Waals surface area contributed by atoms with E-state index in [4.69, 9.17) is 4.74 Å². The molecule has 98 valence electrons. The van der Waals surface area contributed by atoms with Crippen molar-refractivity contribution in [3.63, 3.8) is 0 Å². The third-order valence-electron chi connectivity index (χ3n) is 2.99. The Morgan fingerprint density at radius 2 is 1.94 bits per heavy atom. The fraction of sp³-hybridized carbons (Fsp3) is 0.462. The maximum absolute atomic E-state index is 11.1. The van der Waals surface area contributed by atoms with E-state index >= 15 is 0 Å². The number of aliphatic hydroxyl groups excluding tert-OH is 2. The quantitative estimate of drug-likeness (QED) is 0.691. The Balaban J connectivity index is 1.95. The molecule has 0 bridgehead atoms. The Morgan fingerprint density at radius 1 is 1.28 bits per heavy atom. The van der Waals surface area contributed by atoms with Gasteiger partial charge in [-0.2, -0.15) is 0 Å². The number of ketones is 1. The summed E-state index contributed by atoms with van der Waals surface area (Å²) >= 11 is 0. The van der Waals surface area contributed by atoms with Crippen molar-refractivity contribution in [2.75, 3.05) is 11.9 Å². The van der Waals surface area contributed by atoms with E-state index in [2.05, 4.69) is 5.32 Å². The van der Waals surface area contributed by atoms with Crippen molar-refractivity contribution in [2.24, 2.45) is 0 Å². The zero-order valence-corrected chi connectivity index (χ0v) is 10.2. The second-order valence-corrected chi connectivity index (χ2v) is 4.47. The van der Waals surface area contributed by atoms with Crippen LogP contribution in [-0.4, -0.2) is 41.0 Å². The van der Waals surface area contributed by atoms with Gasteiger partial charge in [-0.3, -0.25) is 4.79 Å². The first-order valence-corrected chi connectivity index (χ1v) is 5.91. The minimum absolute atomic E-state index is 0.0222. The normalized spacial score (nSPS) is 27.8. The van der Waals surface area contributed by atoms with Crippen LogP contribution in [0, 0.1) is 0 Å². The number of anilines is 1. The minimum Gasteiger partial charge on any atom is -0.390 e. The number of aliphatic hydroxyl groups is 2. The van der Waals surface area contributed by atoms with Crippen molar-refractivity contribution < 1.29 is 19.7 Å². The molecule has 3 atom stereocenters. The van der Waals surface area contributed by atoms with Crippen molar-refractivity contribution in [1.82, 2.24) is 0 Å². The zero-order valence-electron chi connectivity index (χ0n) is 10.2. The molecule has 0 aromatic heterocycles. The average Bonchev–Trinajstić information content (AvgIpc) is 2.34. The van der Waals surface area contributed by atoms with E-state index in [1.807, 2.05) is 0 Å². The van der Waals surface area contributed by atoms with E-state index in [-0.39, 0.29) is 18.6 Å². The predicted octanol–water partition coefficient (Wildman–Crippen LogP) is 0.769. The van der Waals surface area contributed by atoms with Crippen LogP contribution in [0.15, 0.2) is 24.3 Å². The van der Waals surface area contributed by atoms with Crippen LogP contribution >= 0.6 is 0 Å². The summed E-state index contributed by atoms with van der Waals surface area (Å²) in [6, 6.07) is 7.05. The van der Waals surface area contributed by atoms with E-state index in [1.54, 1.807) is 24.3 Å². The van der Waals surface area contributed by atoms with Gasteiger partial charge in [0.15, 0.2) is 5.78 Å². The molecule has 1 aromatic carbocycles. The van der Waals surface area contributed by atoms with Crippen LogP contribution in [0.3, 0.4) is 0 Å². The molecule has 0 spiro atoms. The van der Waals surface area contributed by atoms with Crippen LogP contribution in [0.1, 0.15) is 23.7 Å². The van der Waals surface area contributed by atoms with E-state index in [1.165, 1.54) is 6.92 Å². The summed E-state index contributed by atoms with van der Waals surface area (Å²) in [5, 5.41) is 21.9. The van der Waals surface area contributed by atoms with Gasteiger partial charge in [-0.05, 0) is 31.2 Å². The Bertz CT molecular complexity index is 418. The SMILES string of the molecule is CC(=O)c1ccc(N[C@H]2C[C@H](O)[C@H](O)CO2)cc1. The van der Waals surface area contributed by atoms with Crippen LogP contribution in [0.25, 0.3) is 0 Å². The van der Waals surface area contributed by atoms with E-state index < -0.39 is 12.2 Å². The fourth-order valence-electron chi connectivity index (χ4n) is 1.86. The van der Waals surface area contributed by atoms with E-state index in [9.17, 15) is 15.0 Å². The summed E-state index contributed by atoms with van der Waals surface area (Å²) < 4.78 is 5.35. The molecule has 1 heterocycles. The molecule has 1 fully saturated rings. The molecule has 0 amide bonds. The van der Waals surface area contributed by atoms with Gasteiger partial charge in [0.25, 0.3) is 0 Å². The summed E-state index contributed by atoms with van der Waals surface area (Å²) in [6.45, 7) is 1.63. The standard InChI is InChI=1S/C13H17NO4/c1-8(15)9-2-4-10(5-3-9)14-13-6-11(16)12(17)7-18-13/h2-5,11-14,16-17H,6-7H2,1H3/t11-,12+,13+/m0/s1. The van der Waals surface area contributed by atoms with Crippen molar-refractivity contribution in [3.8, 4) is 0 Å². The molecule has 5 heteroatoms. The molecule has 0 radical (unpaired) electrons. The van der Waals surface area contributed by atoms with Crippen LogP contribution in [0.4, 0.5) is 5.69 Å². The lowest BCUT2D eigenvalue weighted by Crippen LogP contribution is -2.44. The highest BCUT2D eigenvalue weighted by Gasteiger charge is 2.28. The van der Waals surface area contributed by atoms with Crippen LogP contribution in [0.2, 0.25) is 0 Å². The lowest BCUT2D eigenvalue weighted by molar-refractivity contribution is -0.112. The van der Waals surface area contributed by atoms with Crippen LogP contribution in [0.5, 0.6) is 0 Å². The zero-order chi connectivity index (χ0) is 13.1. The smallest absolute Gasteiger partial charge is 0.159 e. The number of hydrogen-bond acceptors (Lipinski definition) is 5. The van der Waals surface area contributed by atoms with Crippen molar-refractivity contribution in [3.05, 3.63) is 29.8 Å². The number of carbonyl (C=O) groups excluding carboxylic acids is 1. The minimum atomic E-state index is -0.817. The van der Waals surface area contributed by atoms with Gasteiger partial charge in [0.2, 0.25) is 0 Å². The summed E-state index contributed by atoms with van der Waals surface area (Å²) in [4.78, 5) is 11.1. The fourth-order valence-corrected chi connectivity index (χ4v) is 1.86. The topological polar surface area (TPSA) is 78.8 Å². The van der Waals surface area contributed by atoms with Crippen LogP contribution < -0.4 is 5.32 Å². The molecular weight excluding hydrogens is 234 g/mol. The Hall–Kier alpha value is -1.43. The highest BCUT2D eigenvalue weighted by atomic mass is 16.5. The molecule has 0 aliphatic carbocycles. The molecule has 0 unspecified atom stereocenters.